The van der Waals surface area contributed by atoms with Crippen LogP contribution in [-0.2, 0) is 6.61 Å². The van der Waals surface area contributed by atoms with E-state index < -0.39 is 6.10 Å². The summed E-state index contributed by atoms with van der Waals surface area (Å²) in [6, 6.07) is 12.9. The van der Waals surface area contributed by atoms with Crippen molar-refractivity contribution in [1.82, 2.24) is 15.5 Å². The first-order valence-corrected chi connectivity index (χ1v) is 10.2. The molecule has 156 valence electrons. The molecule has 1 aromatic carbocycles. The van der Waals surface area contributed by atoms with E-state index in [4.69, 9.17) is 9.26 Å². The van der Waals surface area contributed by atoms with Crippen LogP contribution < -0.4 is 10.1 Å². The van der Waals surface area contributed by atoms with Gasteiger partial charge in [0.15, 0.2) is 0 Å². The highest BCUT2D eigenvalue weighted by Gasteiger charge is 2.25. The summed E-state index contributed by atoms with van der Waals surface area (Å²) in [7, 11) is 0. The fraction of sp³-hybridized carbons (Fsp3) is 0.348. The van der Waals surface area contributed by atoms with Gasteiger partial charge in [0.25, 0.3) is 5.91 Å². The van der Waals surface area contributed by atoms with Crippen LogP contribution in [0.25, 0.3) is 11.3 Å². The summed E-state index contributed by atoms with van der Waals surface area (Å²) in [4.78, 5) is 16.7. The van der Waals surface area contributed by atoms with E-state index in [1.54, 1.807) is 12.1 Å². The number of aryl methyl sites for hydroxylation is 1. The van der Waals surface area contributed by atoms with Crippen molar-refractivity contribution in [3.8, 4) is 17.1 Å². The molecule has 3 aromatic rings. The highest BCUT2D eigenvalue weighted by atomic mass is 16.5. The monoisotopic (exact) mass is 407 g/mol. The van der Waals surface area contributed by atoms with Crippen LogP contribution in [0, 0.1) is 6.92 Å². The number of ether oxygens (including phenoxy) is 1. The number of nitrogens with zero attached hydrogens (tertiary/aromatic N) is 2. The van der Waals surface area contributed by atoms with Crippen LogP contribution in [0.3, 0.4) is 0 Å². The van der Waals surface area contributed by atoms with Gasteiger partial charge in [-0.05, 0) is 25.8 Å². The molecule has 0 aliphatic heterocycles. The highest BCUT2D eigenvalue weighted by molar-refractivity contribution is 5.94. The maximum absolute atomic E-state index is 12.4. The van der Waals surface area contributed by atoms with E-state index in [9.17, 15) is 9.90 Å². The number of aromatic nitrogens is 2. The molecule has 2 atom stereocenters. The van der Waals surface area contributed by atoms with E-state index in [2.05, 4.69) is 15.5 Å². The first-order valence-electron chi connectivity index (χ1n) is 10.2. The van der Waals surface area contributed by atoms with Crippen molar-refractivity contribution < 1.29 is 19.2 Å². The Morgan fingerprint density at radius 1 is 1.20 bits per heavy atom. The van der Waals surface area contributed by atoms with Crippen LogP contribution in [0.2, 0.25) is 0 Å². The Kier molecular flexibility index (Phi) is 6.09. The summed E-state index contributed by atoms with van der Waals surface area (Å²) in [6.45, 7) is 2.10. The molecule has 0 saturated heterocycles. The molecule has 30 heavy (non-hydrogen) atoms. The van der Waals surface area contributed by atoms with Gasteiger partial charge in [-0.3, -0.25) is 4.79 Å². The summed E-state index contributed by atoms with van der Waals surface area (Å²) in [5.41, 5.74) is 3.00. The number of rotatable bonds is 6. The molecule has 0 spiro atoms. The number of aliphatic hydroxyl groups is 1. The number of nitrogens with one attached hydrogen (secondary N) is 1. The molecule has 4 rings (SSSR count). The Morgan fingerprint density at radius 3 is 2.73 bits per heavy atom. The molecule has 1 fully saturated rings. The van der Waals surface area contributed by atoms with E-state index >= 15 is 0 Å². The van der Waals surface area contributed by atoms with Gasteiger partial charge < -0.3 is 19.7 Å². The van der Waals surface area contributed by atoms with Crippen molar-refractivity contribution in [2.75, 3.05) is 0 Å². The second-order valence-electron chi connectivity index (χ2n) is 7.54. The number of aliphatic hydroxyl groups excluding tert-OH is 1. The first-order chi connectivity index (χ1) is 14.6. The van der Waals surface area contributed by atoms with E-state index in [-0.39, 0.29) is 18.6 Å². The molecular weight excluding hydrogens is 382 g/mol. The Balaban J connectivity index is 1.39. The summed E-state index contributed by atoms with van der Waals surface area (Å²) >= 11 is 0. The van der Waals surface area contributed by atoms with Crippen molar-refractivity contribution in [3.05, 3.63) is 65.5 Å². The van der Waals surface area contributed by atoms with E-state index in [1.165, 1.54) is 6.20 Å². The third kappa shape index (κ3) is 4.52. The second kappa shape index (κ2) is 9.09. The number of pyridine rings is 1. The number of benzene rings is 1. The first kappa shape index (κ1) is 20.1. The summed E-state index contributed by atoms with van der Waals surface area (Å²) in [5.74, 6) is 0.862. The van der Waals surface area contributed by atoms with Crippen LogP contribution in [0.1, 0.15) is 47.4 Å². The minimum absolute atomic E-state index is 0.199. The molecule has 1 amide bonds. The van der Waals surface area contributed by atoms with Gasteiger partial charge in [0.2, 0.25) is 5.88 Å². The Morgan fingerprint density at radius 2 is 2.00 bits per heavy atom. The maximum atomic E-state index is 12.4. The average Bonchev–Trinajstić information content (AvgIpc) is 3.15. The SMILES string of the molecule is Cc1onc(-c2ccccc2)c1COc1ccc(C(=O)N[C@@H]2CCCC[C@@H]2O)cn1. The van der Waals surface area contributed by atoms with Crippen molar-refractivity contribution in [3.63, 3.8) is 0 Å². The third-order valence-corrected chi connectivity index (χ3v) is 5.44. The van der Waals surface area contributed by atoms with Crippen LogP contribution in [0.15, 0.2) is 53.2 Å². The molecule has 2 aromatic heterocycles. The van der Waals surface area contributed by atoms with E-state index in [1.807, 2.05) is 37.3 Å². The van der Waals surface area contributed by atoms with Gasteiger partial charge in [-0.1, -0.05) is 48.3 Å². The van der Waals surface area contributed by atoms with Gasteiger partial charge in [-0.2, -0.15) is 0 Å². The summed E-state index contributed by atoms with van der Waals surface area (Å²) in [6.07, 6.45) is 4.54. The molecule has 1 aliphatic carbocycles. The van der Waals surface area contributed by atoms with Crippen LogP contribution in [0.5, 0.6) is 5.88 Å². The molecule has 2 heterocycles. The zero-order chi connectivity index (χ0) is 20.9. The summed E-state index contributed by atoms with van der Waals surface area (Å²) < 4.78 is 11.2. The quantitative estimate of drug-likeness (QED) is 0.647. The smallest absolute Gasteiger partial charge is 0.253 e. The van der Waals surface area contributed by atoms with Gasteiger partial charge in [0, 0.05) is 17.8 Å². The van der Waals surface area contributed by atoms with Gasteiger partial charge in [-0.15, -0.1) is 0 Å². The van der Waals surface area contributed by atoms with Crippen LogP contribution in [-0.4, -0.2) is 33.3 Å². The topological polar surface area (TPSA) is 97.5 Å². The van der Waals surface area contributed by atoms with Crippen molar-refractivity contribution in [2.24, 2.45) is 0 Å². The lowest BCUT2D eigenvalue weighted by molar-refractivity contribution is 0.0717. The second-order valence-corrected chi connectivity index (χ2v) is 7.54. The largest absolute Gasteiger partial charge is 0.473 e. The number of carbonyl (C=O) groups excluding carboxylic acids is 1. The average molecular weight is 407 g/mol. The van der Waals surface area contributed by atoms with Crippen molar-refractivity contribution in [1.29, 1.82) is 0 Å². The number of hydrogen-bond acceptors (Lipinski definition) is 6. The molecule has 0 radical (unpaired) electrons. The minimum atomic E-state index is -0.483. The molecular formula is C23H25N3O4. The zero-order valence-corrected chi connectivity index (χ0v) is 16.9. The normalized spacial score (nSPS) is 18.7. The molecule has 1 aliphatic rings. The predicted octanol–water partition coefficient (Wildman–Crippen LogP) is 3.66. The van der Waals surface area contributed by atoms with E-state index in [0.717, 1.165) is 42.5 Å². The lowest BCUT2D eigenvalue weighted by Gasteiger charge is -2.28. The van der Waals surface area contributed by atoms with Crippen LogP contribution in [0.4, 0.5) is 0 Å². The fourth-order valence-corrected chi connectivity index (χ4v) is 3.66. The number of hydrogen-bond donors (Lipinski definition) is 2. The van der Waals surface area contributed by atoms with Gasteiger partial charge >= 0.3 is 0 Å². The number of carbonyl (C=O) groups is 1. The van der Waals surface area contributed by atoms with Crippen molar-refractivity contribution in [2.45, 2.75) is 51.4 Å². The van der Waals surface area contributed by atoms with Gasteiger partial charge in [0.1, 0.15) is 18.1 Å². The third-order valence-electron chi connectivity index (χ3n) is 5.44. The minimum Gasteiger partial charge on any atom is -0.473 e. The molecule has 0 bridgehead atoms. The summed E-state index contributed by atoms with van der Waals surface area (Å²) in [5, 5.41) is 17.1. The Bertz CT molecular complexity index is 985. The van der Waals surface area contributed by atoms with Gasteiger partial charge in [-0.25, -0.2) is 4.98 Å². The molecule has 1 saturated carbocycles. The van der Waals surface area contributed by atoms with Crippen molar-refractivity contribution >= 4 is 5.91 Å². The standard InChI is InChI=1S/C23H25N3O4/c1-15-18(22(26-30-15)16-7-3-2-4-8-16)14-29-21-12-11-17(13-24-21)23(28)25-19-9-5-6-10-20(19)27/h2-4,7-8,11-13,19-20,27H,5-6,9-10,14H2,1H3,(H,25,28)/t19-,20+/m1/s1. The fourth-order valence-electron chi connectivity index (χ4n) is 3.66. The van der Waals surface area contributed by atoms with Crippen LogP contribution >= 0.6 is 0 Å². The van der Waals surface area contributed by atoms with E-state index in [0.29, 0.717) is 17.2 Å². The Hall–Kier alpha value is -3.19. The molecule has 7 heteroatoms. The Labute approximate surface area is 175 Å². The zero-order valence-electron chi connectivity index (χ0n) is 16.9. The predicted molar refractivity (Wildman–Crippen MR) is 111 cm³/mol. The molecule has 0 unspecified atom stereocenters. The lowest BCUT2D eigenvalue weighted by Crippen LogP contribution is -2.45. The number of amides is 1. The maximum Gasteiger partial charge on any atom is 0.253 e. The highest BCUT2D eigenvalue weighted by Crippen LogP contribution is 2.26. The van der Waals surface area contributed by atoms with Gasteiger partial charge in [0.05, 0.1) is 23.3 Å². The molecule has 2 N–H and O–H groups in total. The molecule has 7 nitrogen and oxygen atoms in total. The lowest BCUT2D eigenvalue weighted by atomic mass is 9.92.